The number of hydrogen-bond acceptors (Lipinski definition) is 4. The minimum atomic E-state index is -0.00706. The van der Waals surface area contributed by atoms with Crippen molar-refractivity contribution in [3.8, 4) is 0 Å². The second kappa shape index (κ2) is 7.84. The van der Waals surface area contributed by atoms with Crippen LogP contribution in [0.25, 0.3) is 0 Å². The van der Waals surface area contributed by atoms with Crippen LogP contribution in [0, 0.1) is 0 Å². The first-order chi connectivity index (χ1) is 12.1. The van der Waals surface area contributed by atoms with Crippen LogP contribution in [-0.4, -0.2) is 63.9 Å². The molecule has 25 heavy (non-hydrogen) atoms. The van der Waals surface area contributed by atoms with E-state index >= 15 is 0 Å². The predicted octanol–water partition coefficient (Wildman–Crippen LogP) is 1.37. The van der Waals surface area contributed by atoms with Crippen molar-refractivity contribution in [2.24, 2.45) is 0 Å². The molecule has 3 rings (SSSR count). The third kappa shape index (κ3) is 4.29. The van der Waals surface area contributed by atoms with Gasteiger partial charge in [0.25, 0.3) is 0 Å². The van der Waals surface area contributed by atoms with Gasteiger partial charge >= 0.3 is 0 Å². The van der Waals surface area contributed by atoms with E-state index in [0.717, 1.165) is 26.2 Å². The van der Waals surface area contributed by atoms with Gasteiger partial charge in [-0.3, -0.25) is 14.4 Å². The molecule has 1 aliphatic heterocycles. The first kappa shape index (κ1) is 17.7. The number of nitrogens with zero attached hydrogens (tertiary/aromatic N) is 5. The number of aromatic nitrogens is 3. The molecule has 1 amide bonds. The van der Waals surface area contributed by atoms with Crippen LogP contribution in [0.4, 0.5) is 0 Å². The Morgan fingerprint density at radius 3 is 3.00 bits per heavy atom. The van der Waals surface area contributed by atoms with Gasteiger partial charge in [-0.05, 0) is 19.1 Å². The Balaban J connectivity index is 1.61. The smallest absolute Gasteiger partial charge is 0.248 e. The minimum absolute atomic E-state index is 0.00706. The Labute approximate surface area is 148 Å². The molecular weight excluding hydrogens is 318 g/mol. The van der Waals surface area contributed by atoms with Crippen LogP contribution < -0.4 is 0 Å². The summed E-state index contributed by atoms with van der Waals surface area (Å²) >= 11 is 0. The van der Waals surface area contributed by atoms with Crippen LogP contribution in [0.3, 0.4) is 0 Å². The van der Waals surface area contributed by atoms with E-state index in [1.165, 1.54) is 11.3 Å². The number of aryl methyl sites for hydroxylation is 1. The number of likely N-dealkylation sites (N-methyl/N-ethyl adjacent to an activating group) is 1. The summed E-state index contributed by atoms with van der Waals surface area (Å²) in [6.45, 7) is 6.33. The Hall–Kier alpha value is -2.12. The number of carbonyl (C=O) groups is 1. The van der Waals surface area contributed by atoms with Gasteiger partial charge in [0.05, 0.1) is 18.8 Å². The zero-order valence-electron chi connectivity index (χ0n) is 15.3. The lowest BCUT2D eigenvalue weighted by Crippen LogP contribution is -2.39. The van der Waals surface area contributed by atoms with E-state index in [1.807, 2.05) is 10.9 Å². The minimum Gasteiger partial charge on any atom is -0.369 e. The average Bonchev–Trinajstić information content (AvgIpc) is 3.23. The van der Waals surface area contributed by atoms with Gasteiger partial charge in [0.1, 0.15) is 6.61 Å². The highest BCUT2D eigenvalue weighted by atomic mass is 16.5. The zero-order valence-corrected chi connectivity index (χ0v) is 15.3. The lowest BCUT2D eigenvalue weighted by atomic mass is 10.1. The molecule has 0 saturated heterocycles. The molecule has 7 heteroatoms. The van der Waals surface area contributed by atoms with E-state index in [4.69, 9.17) is 4.74 Å². The maximum atomic E-state index is 11.7. The maximum absolute atomic E-state index is 11.7. The Morgan fingerprint density at radius 1 is 1.44 bits per heavy atom. The standard InChI is InChI=1S/C18H27N5O2/c1-4-22-10-15(8-19-22)9-21-11-16-6-5-7-23(16)17(12-21)13-25-14-18(24)20(2)3/h5-8,10,17H,4,9,11-14H2,1-3H3/t17-/m1/s1. The number of fused-ring (bicyclic) bond motifs is 1. The zero-order chi connectivity index (χ0) is 17.8. The van der Waals surface area contributed by atoms with Gasteiger partial charge in [-0.1, -0.05) is 0 Å². The van der Waals surface area contributed by atoms with E-state index < -0.39 is 0 Å². The summed E-state index contributed by atoms with van der Waals surface area (Å²) in [5.41, 5.74) is 2.51. The lowest BCUT2D eigenvalue weighted by Gasteiger charge is -2.34. The summed E-state index contributed by atoms with van der Waals surface area (Å²) in [6, 6.07) is 4.45. The van der Waals surface area contributed by atoms with Gasteiger partial charge in [0.2, 0.25) is 5.91 Å². The number of hydrogen-bond donors (Lipinski definition) is 0. The Bertz CT molecular complexity index is 706. The fraction of sp³-hybridized carbons (Fsp3) is 0.556. The van der Waals surface area contributed by atoms with Crippen LogP contribution in [0.15, 0.2) is 30.7 Å². The van der Waals surface area contributed by atoms with Gasteiger partial charge < -0.3 is 14.2 Å². The van der Waals surface area contributed by atoms with Gasteiger partial charge in [-0.15, -0.1) is 0 Å². The molecule has 2 aromatic rings. The van der Waals surface area contributed by atoms with Crippen LogP contribution in [-0.2, 0) is 29.2 Å². The van der Waals surface area contributed by atoms with E-state index in [9.17, 15) is 4.79 Å². The van der Waals surface area contributed by atoms with Crippen LogP contribution in [0.1, 0.15) is 24.2 Å². The molecule has 0 bridgehead atoms. The summed E-state index contributed by atoms with van der Waals surface area (Å²) in [5, 5.41) is 4.36. The molecule has 0 N–H and O–H groups in total. The summed E-state index contributed by atoms with van der Waals surface area (Å²) in [4.78, 5) is 15.7. The third-order valence-corrected chi connectivity index (χ3v) is 4.57. The van der Waals surface area contributed by atoms with Crippen molar-refractivity contribution in [2.75, 3.05) is 33.9 Å². The molecule has 1 atom stereocenters. The fourth-order valence-electron chi connectivity index (χ4n) is 3.18. The number of amides is 1. The summed E-state index contributed by atoms with van der Waals surface area (Å²) < 4.78 is 9.91. The molecule has 7 nitrogen and oxygen atoms in total. The Kier molecular flexibility index (Phi) is 5.55. The van der Waals surface area contributed by atoms with Gasteiger partial charge in [-0.25, -0.2) is 0 Å². The molecule has 0 unspecified atom stereocenters. The van der Waals surface area contributed by atoms with Crippen molar-refractivity contribution in [1.82, 2.24) is 24.1 Å². The van der Waals surface area contributed by atoms with Crippen LogP contribution in [0.2, 0.25) is 0 Å². The molecule has 0 spiro atoms. The monoisotopic (exact) mass is 345 g/mol. The third-order valence-electron chi connectivity index (χ3n) is 4.57. The topological polar surface area (TPSA) is 55.5 Å². The number of ether oxygens (including phenoxy) is 1. The van der Waals surface area contributed by atoms with Crippen molar-refractivity contribution in [3.05, 3.63) is 42.0 Å². The van der Waals surface area contributed by atoms with Crippen LogP contribution >= 0.6 is 0 Å². The molecule has 3 heterocycles. The van der Waals surface area contributed by atoms with Gasteiger partial charge in [0, 0.05) is 63.9 Å². The highest BCUT2D eigenvalue weighted by molar-refractivity contribution is 5.76. The van der Waals surface area contributed by atoms with Crippen molar-refractivity contribution in [3.63, 3.8) is 0 Å². The van der Waals surface area contributed by atoms with Crippen molar-refractivity contribution in [1.29, 1.82) is 0 Å². The summed E-state index contributed by atoms with van der Waals surface area (Å²) in [5.74, 6) is -0.00706. The van der Waals surface area contributed by atoms with Crippen molar-refractivity contribution in [2.45, 2.75) is 32.6 Å². The first-order valence-electron chi connectivity index (χ1n) is 8.74. The van der Waals surface area contributed by atoms with Gasteiger partial charge in [0.15, 0.2) is 0 Å². The van der Waals surface area contributed by atoms with Gasteiger partial charge in [-0.2, -0.15) is 5.10 Å². The highest BCUT2D eigenvalue weighted by Gasteiger charge is 2.25. The molecule has 1 aliphatic rings. The lowest BCUT2D eigenvalue weighted by molar-refractivity contribution is -0.134. The second-order valence-corrected chi connectivity index (χ2v) is 6.74. The molecular formula is C18H27N5O2. The molecule has 0 radical (unpaired) electrons. The molecule has 0 aliphatic carbocycles. The van der Waals surface area contributed by atoms with E-state index in [-0.39, 0.29) is 18.6 Å². The highest BCUT2D eigenvalue weighted by Crippen LogP contribution is 2.23. The molecule has 2 aromatic heterocycles. The predicted molar refractivity (Wildman–Crippen MR) is 95.0 cm³/mol. The van der Waals surface area contributed by atoms with E-state index in [1.54, 1.807) is 19.0 Å². The van der Waals surface area contributed by atoms with Crippen LogP contribution in [0.5, 0.6) is 0 Å². The largest absolute Gasteiger partial charge is 0.369 e. The molecule has 0 fully saturated rings. The summed E-state index contributed by atoms with van der Waals surface area (Å²) in [7, 11) is 3.49. The second-order valence-electron chi connectivity index (χ2n) is 6.74. The number of rotatable bonds is 7. The first-order valence-corrected chi connectivity index (χ1v) is 8.74. The Morgan fingerprint density at radius 2 is 2.28 bits per heavy atom. The summed E-state index contributed by atoms with van der Waals surface area (Å²) in [6.07, 6.45) is 6.15. The SMILES string of the molecule is CCn1cc(CN2Cc3cccn3[C@@H](COCC(=O)N(C)C)C2)cn1. The number of carbonyl (C=O) groups excluding carboxylic acids is 1. The molecule has 0 saturated carbocycles. The van der Waals surface area contributed by atoms with Crippen molar-refractivity contribution < 1.29 is 9.53 Å². The van der Waals surface area contributed by atoms with E-state index in [0.29, 0.717) is 6.61 Å². The normalized spacial score (nSPS) is 17.5. The average molecular weight is 345 g/mol. The maximum Gasteiger partial charge on any atom is 0.248 e. The molecule has 136 valence electrons. The van der Waals surface area contributed by atoms with E-state index in [2.05, 4.69) is 46.0 Å². The fourth-order valence-corrected chi connectivity index (χ4v) is 3.18. The quantitative estimate of drug-likeness (QED) is 0.760. The molecule has 0 aromatic carbocycles. The van der Waals surface area contributed by atoms with Crippen molar-refractivity contribution >= 4 is 5.91 Å².